The van der Waals surface area contributed by atoms with Crippen molar-refractivity contribution < 1.29 is 28.2 Å². The van der Waals surface area contributed by atoms with Gasteiger partial charge in [-0.15, -0.1) is 0 Å². The van der Waals surface area contributed by atoms with Crippen molar-refractivity contribution >= 4 is 23.1 Å². The van der Waals surface area contributed by atoms with Gasteiger partial charge in [0.1, 0.15) is 29.1 Å². The molecule has 2 heterocycles. The van der Waals surface area contributed by atoms with Crippen molar-refractivity contribution in [3.63, 3.8) is 0 Å². The number of aliphatic hydroxyl groups is 1. The first-order valence-electron chi connectivity index (χ1n) is 10.5. The van der Waals surface area contributed by atoms with E-state index in [0.717, 1.165) is 5.56 Å². The highest BCUT2D eigenvalue weighted by Gasteiger charge is 2.48. The molecule has 1 aliphatic heterocycles. The van der Waals surface area contributed by atoms with Crippen LogP contribution in [-0.2, 0) is 9.59 Å². The van der Waals surface area contributed by atoms with E-state index in [1.54, 1.807) is 38.3 Å². The zero-order valence-electron chi connectivity index (χ0n) is 18.8. The first kappa shape index (κ1) is 22.3. The fourth-order valence-corrected chi connectivity index (χ4v) is 4.14. The molecule has 1 fully saturated rings. The highest BCUT2D eigenvalue weighted by molar-refractivity contribution is 6.51. The maximum Gasteiger partial charge on any atom is 0.300 e. The van der Waals surface area contributed by atoms with E-state index < -0.39 is 23.5 Å². The fourth-order valence-electron chi connectivity index (χ4n) is 4.14. The van der Waals surface area contributed by atoms with Gasteiger partial charge in [0.2, 0.25) is 0 Å². The summed E-state index contributed by atoms with van der Waals surface area (Å²) in [6, 6.07) is 11.1. The standard InChI is InChI=1S/C26H24FNO5/c1-14(2)18-13-19(15(3)12-21(18)32-4)24(29)22-23(20-6-5-11-33-20)28(26(31)25(22)30)17-9-7-16(27)8-10-17/h5-14,23,29H,1-4H3/b24-22+. The quantitative estimate of drug-likeness (QED) is 0.317. The number of anilines is 1. The molecule has 2 aromatic carbocycles. The molecule has 33 heavy (non-hydrogen) atoms. The van der Waals surface area contributed by atoms with Gasteiger partial charge in [0.15, 0.2) is 0 Å². The number of halogens is 1. The Morgan fingerprint density at radius 1 is 1.15 bits per heavy atom. The van der Waals surface area contributed by atoms with Gasteiger partial charge in [-0.2, -0.15) is 0 Å². The normalized spacial score (nSPS) is 17.8. The van der Waals surface area contributed by atoms with E-state index in [-0.39, 0.29) is 17.3 Å². The van der Waals surface area contributed by atoms with E-state index in [4.69, 9.17) is 9.15 Å². The summed E-state index contributed by atoms with van der Waals surface area (Å²) in [6.45, 7) is 5.78. The predicted molar refractivity (Wildman–Crippen MR) is 122 cm³/mol. The monoisotopic (exact) mass is 449 g/mol. The van der Waals surface area contributed by atoms with Gasteiger partial charge in [-0.05, 0) is 72.5 Å². The van der Waals surface area contributed by atoms with Crippen LogP contribution in [0.25, 0.3) is 5.76 Å². The Morgan fingerprint density at radius 3 is 2.42 bits per heavy atom. The second-order valence-electron chi connectivity index (χ2n) is 8.22. The van der Waals surface area contributed by atoms with Crippen LogP contribution in [0.4, 0.5) is 10.1 Å². The van der Waals surface area contributed by atoms with Crippen LogP contribution in [0.5, 0.6) is 5.75 Å². The van der Waals surface area contributed by atoms with Crippen molar-refractivity contribution in [3.8, 4) is 5.75 Å². The molecule has 4 rings (SSSR count). The van der Waals surface area contributed by atoms with Gasteiger partial charge >= 0.3 is 0 Å². The highest BCUT2D eigenvalue weighted by Crippen LogP contribution is 2.43. The second kappa shape index (κ2) is 8.58. The summed E-state index contributed by atoms with van der Waals surface area (Å²) in [5.74, 6) is -1.39. The lowest BCUT2D eigenvalue weighted by Gasteiger charge is -2.23. The van der Waals surface area contributed by atoms with Crippen LogP contribution in [0, 0.1) is 12.7 Å². The van der Waals surface area contributed by atoms with Crippen LogP contribution in [0.3, 0.4) is 0 Å². The maximum atomic E-state index is 13.5. The van der Waals surface area contributed by atoms with E-state index in [1.807, 2.05) is 13.8 Å². The molecule has 0 aliphatic carbocycles. The summed E-state index contributed by atoms with van der Waals surface area (Å²) in [5, 5.41) is 11.4. The smallest absolute Gasteiger partial charge is 0.300 e. The third kappa shape index (κ3) is 3.80. The Hall–Kier alpha value is -3.87. The van der Waals surface area contributed by atoms with Gasteiger partial charge < -0.3 is 14.3 Å². The van der Waals surface area contributed by atoms with Crippen molar-refractivity contribution in [2.75, 3.05) is 12.0 Å². The van der Waals surface area contributed by atoms with Gasteiger partial charge in [-0.3, -0.25) is 14.5 Å². The van der Waals surface area contributed by atoms with E-state index in [9.17, 15) is 19.1 Å². The number of aliphatic hydroxyl groups excluding tert-OH is 1. The molecule has 0 bridgehead atoms. The zero-order chi connectivity index (χ0) is 23.9. The average molecular weight is 449 g/mol. The van der Waals surface area contributed by atoms with Gasteiger partial charge in [0.05, 0.1) is 18.9 Å². The lowest BCUT2D eigenvalue weighted by atomic mass is 9.92. The number of hydrogen-bond acceptors (Lipinski definition) is 5. The van der Waals surface area contributed by atoms with Crippen LogP contribution in [-0.4, -0.2) is 23.9 Å². The van der Waals surface area contributed by atoms with Crippen molar-refractivity contribution in [2.45, 2.75) is 32.7 Å². The molecule has 0 radical (unpaired) electrons. The number of hydrogen-bond donors (Lipinski definition) is 1. The van der Waals surface area contributed by atoms with E-state index in [0.29, 0.717) is 28.3 Å². The molecule has 170 valence electrons. The minimum Gasteiger partial charge on any atom is -0.507 e. The molecule has 3 aromatic rings. The average Bonchev–Trinajstić information content (AvgIpc) is 3.40. The number of methoxy groups -OCH3 is 1. The molecule has 1 N–H and O–H groups in total. The number of furan rings is 1. The molecular weight excluding hydrogens is 425 g/mol. The van der Waals surface area contributed by atoms with E-state index in [1.165, 1.54) is 35.4 Å². The first-order valence-corrected chi connectivity index (χ1v) is 10.5. The third-order valence-corrected chi connectivity index (χ3v) is 5.82. The molecule has 1 saturated heterocycles. The van der Waals surface area contributed by atoms with Gasteiger partial charge in [0.25, 0.3) is 11.7 Å². The Balaban J connectivity index is 1.95. The highest BCUT2D eigenvalue weighted by atomic mass is 19.1. The molecule has 1 amide bonds. The summed E-state index contributed by atoms with van der Waals surface area (Å²) < 4.78 is 24.5. The Labute approximate surface area is 190 Å². The Morgan fingerprint density at radius 2 is 1.85 bits per heavy atom. The molecule has 7 heteroatoms. The molecule has 6 nitrogen and oxygen atoms in total. The number of nitrogens with zero attached hydrogens (tertiary/aromatic N) is 1. The van der Waals surface area contributed by atoms with Crippen molar-refractivity contribution in [1.29, 1.82) is 0 Å². The summed E-state index contributed by atoms with van der Waals surface area (Å²) >= 11 is 0. The number of ketones is 1. The SMILES string of the molecule is COc1cc(C)c(/C(O)=C2\C(=O)C(=O)N(c3ccc(F)cc3)C2c2ccco2)cc1C(C)C. The van der Waals surface area contributed by atoms with E-state index >= 15 is 0 Å². The van der Waals surface area contributed by atoms with Crippen molar-refractivity contribution in [3.05, 3.63) is 88.6 Å². The van der Waals surface area contributed by atoms with E-state index in [2.05, 4.69) is 0 Å². The van der Waals surface area contributed by atoms with Gasteiger partial charge in [-0.25, -0.2) is 4.39 Å². The van der Waals surface area contributed by atoms with Gasteiger partial charge in [0, 0.05) is 11.3 Å². The largest absolute Gasteiger partial charge is 0.507 e. The van der Waals surface area contributed by atoms with Crippen LogP contribution in [0.15, 0.2) is 64.8 Å². The summed E-state index contributed by atoms with van der Waals surface area (Å²) in [5.41, 5.74) is 2.18. The number of Topliss-reactive ketones (excluding diaryl/α,β-unsaturated/α-hetero) is 1. The molecule has 1 atom stereocenters. The molecule has 1 aromatic heterocycles. The van der Waals surface area contributed by atoms with Crippen LogP contribution < -0.4 is 9.64 Å². The Kier molecular flexibility index (Phi) is 5.80. The predicted octanol–water partition coefficient (Wildman–Crippen LogP) is 5.49. The topological polar surface area (TPSA) is 80.0 Å². The van der Waals surface area contributed by atoms with Crippen LogP contribution in [0.1, 0.15) is 48.3 Å². The number of rotatable bonds is 5. The lowest BCUT2D eigenvalue weighted by molar-refractivity contribution is -0.132. The number of carbonyl (C=O) groups excluding carboxylic acids is 2. The summed E-state index contributed by atoms with van der Waals surface area (Å²) in [7, 11) is 1.57. The number of ether oxygens (including phenoxy) is 1. The molecule has 0 saturated carbocycles. The third-order valence-electron chi connectivity index (χ3n) is 5.82. The minimum atomic E-state index is -1.01. The zero-order valence-corrected chi connectivity index (χ0v) is 18.8. The Bertz CT molecular complexity index is 1240. The molecular formula is C26H24FNO5. The van der Waals surface area contributed by atoms with Crippen LogP contribution >= 0.6 is 0 Å². The minimum absolute atomic E-state index is 0.0922. The molecule has 0 spiro atoms. The number of benzene rings is 2. The van der Waals surface area contributed by atoms with Crippen molar-refractivity contribution in [2.24, 2.45) is 0 Å². The number of amides is 1. The number of carbonyl (C=O) groups is 2. The summed E-state index contributed by atoms with van der Waals surface area (Å²) in [4.78, 5) is 27.5. The second-order valence-corrected chi connectivity index (χ2v) is 8.22. The first-order chi connectivity index (χ1) is 15.7. The molecule has 1 unspecified atom stereocenters. The summed E-state index contributed by atoms with van der Waals surface area (Å²) in [6.07, 6.45) is 1.43. The number of aryl methyl sites for hydroxylation is 1. The van der Waals surface area contributed by atoms with Gasteiger partial charge in [-0.1, -0.05) is 13.8 Å². The maximum absolute atomic E-state index is 13.5. The van der Waals surface area contributed by atoms with Crippen LogP contribution in [0.2, 0.25) is 0 Å². The molecule has 1 aliphatic rings. The van der Waals surface area contributed by atoms with Crippen molar-refractivity contribution in [1.82, 2.24) is 0 Å². The lowest BCUT2D eigenvalue weighted by Crippen LogP contribution is -2.29. The fraction of sp³-hybridized carbons (Fsp3) is 0.231.